The van der Waals surface area contributed by atoms with Crippen molar-refractivity contribution in [1.82, 2.24) is 10.2 Å². The van der Waals surface area contributed by atoms with E-state index < -0.39 is 50.2 Å². The molecule has 0 aromatic heterocycles. The Hall–Kier alpha value is -2.79. The summed E-state index contributed by atoms with van der Waals surface area (Å²) in [6.45, 7) is 4.92. The fraction of sp³-hybridized carbons (Fsp3) is 0.312. The largest absolute Gasteiger partial charge is 0.479 e. The molecular weight excluding hydrogens is 414 g/mol. The van der Waals surface area contributed by atoms with E-state index in [2.05, 4.69) is 11.9 Å². The van der Waals surface area contributed by atoms with Crippen molar-refractivity contribution in [3.05, 3.63) is 52.1 Å². The summed E-state index contributed by atoms with van der Waals surface area (Å²) in [6, 6.07) is 2.60. The van der Waals surface area contributed by atoms with E-state index in [-0.39, 0.29) is 17.7 Å². The third kappa shape index (κ3) is 4.37. The van der Waals surface area contributed by atoms with Crippen LogP contribution in [-0.2, 0) is 30.8 Å². The van der Waals surface area contributed by atoms with Crippen molar-refractivity contribution in [3.8, 4) is 0 Å². The van der Waals surface area contributed by atoms with Gasteiger partial charge in [-0.05, 0) is 28.7 Å². The van der Waals surface area contributed by atoms with E-state index in [1.807, 2.05) is 0 Å². The first-order valence-electron chi connectivity index (χ1n) is 7.84. The molecule has 4 unspecified atom stereocenters. The van der Waals surface area contributed by atoms with Crippen molar-refractivity contribution >= 4 is 44.2 Å². The number of nitro groups is 1. The first-order chi connectivity index (χ1) is 13.0. The summed E-state index contributed by atoms with van der Waals surface area (Å²) in [4.78, 5) is 46.9. The number of amides is 2. The molecule has 0 saturated carbocycles. The van der Waals surface area contributed by atoms with Gasteiger partial charge in [0.25, 0.3) is 5.69 Å². The van der Waals surface area contributed by atoms with Crippen LogP contribution in [0.15, 0.2) is 36.4 Å². The second kappa shape index (κ2) is 8.48. The molecule has 1 aliphatic rings. The number of aliphatic carboxylic acids is 1. The van der Waals surface area contributed by atoms with Crippen molar-refractivity contribution in [2.24, 2.45) is 0 Å². The third-order valence-electron chi connectivity index (χ3n) is 4.08. The van der Waals surface area contributed by atoms with Crippen LogP contribution < -0.4 is 5.32 Å². The summed E-state index contributed by atoms with van der Waals surface area (Å²) >= 11 is 0. The summed E-state index contributed by atoms with van der Waals surface area (Å²) in [5.74, 6) is -2.71. The SMILES string of the molecule is C=C(C)C(C(=O)O)N1C(=O)C(NC(=O)Cc2ccc([N+](=O)[O-])cc2)C1S(=O)Cl. The number of rotatable bonds is 8. The molecule has 150 valence electrons. The van der Waals surface area contributed by atoms with Gasteiger partial charge in [0.2, 0.25) is 11.8 Å². The molecule has 1 heterocycles. The van der Waals surface area contributed by atoms with Gasteiger partial charge in [-0.3, -0.25) is 19.7 Å². The number of carbonyl (C=O) groups excluding carboxylic acids is 2. The normalized spacial score (nSPS) is 20.6. The minimum Gasteiger partial charge on any atom is -0.479 e. The molecule has 10 nitrogen and oxygen atoms in total. The number of carbonyl (C=O) groups is 3. The van der Waals surface area contributed by atoms with Crippen LogP contribution in [0.3, 0.4) is 0 Å². The number of hydrogen-bond acceptors (Lipinski definition) is 6. The lowest BCUT2D eigenvalue weighted by atomic mass is 9.99. The number of hydrogen-bond donors (Lipinski definition) is 2. The Kier molecular flexibility index (Phi) is 6.52. The summed E-state index contributed by atoms with van der Waals surface area (Å²) in [6.07, 6.45) is -0.188. The summed E-state index contributed by atoms with van der Waals surface area (Å²) in [7, 11) is 3.47. The lowest BCUT2D eigenvalue weighted by Gasteiger charge is -2.47. The molecular formula is C16H16ClN3O7S. The Morgan fingerprint density at radius 2 is 2.00 bits per heavy atom. The molecule has 1 fully saturated rings. The van der Waals surface area contributed by atoms with Crippen molar-refractivity contribution in [1.29, 1.82) is 0 Å². The van der Waals surface area contributed by atoms with Crippen molar-refractivity contribution in [2.45, 2.75) is 30.8 Å². The molecule has 0 bridgehead atoms. The molecule has 1 saturated heterocycles. The molecule has 0 spiro atoms. The second-order valence-corrected chi connectivity index (χ2v) is 8.01. The number of halogens is 1. The number of nitrogens with zero attached hydrogens (tertiary/aromatic N) is 2. The Morgan fingerprint density at radius 1 is 1.43 bits per heavy atom. The summed E-state index contributed by atoms with van der Waals surface area (Å²) in [5, 5.41) is 21.1. The average Bonchev–Trinajstić information content (AvgIpc) is 2.59. The minimum atomic E-state index is -2.15. The van der Waals surface area contributed by atoms with Gasteiger partial charge in [-0.2, -0.15) is 0 Å². The Balaban J connectivity index is 2.10. The quantitative estimate of drug-likeness (QED) is 0.203. The number of carboxylic acids is 1. The monoisotopic (exact) mass is 429 g/mol. The molecule has 2 rings (SSSR count). The van der Waals surface area contributed by atoms with Crippen LogP contribution >= 0.6 is 10.7 Å². The Morgan fingerprint density at radius 3 is 2.43 bits per heavy atom. The maximum absolute atomic E-state index is 12.4. The highest BCUT2D eigenvalue weighted by molar-refractivity contribution is 8.08. The number of nitrogens with one attached hydrogen (secondary N) is 1. The highest BCUT2D eigenvalue weighted by atomic mass is 35.7. The van der Waals surface area contributed by atoms with Crippen LogP contribution in [0.2, 0.25) is 0 Å². The zero-order chi connectivity index (χ0) is 21.2. The number of nitro benzene ring substituents is 1. The molecule has 2 amide bonds. The molecule has 0 radical (unpaired) electrons. The van der Waals surface area contributed by atoms with Crippen molar-refractivity contribution in [2.75, 3.05) is 0 Å². The van der Waals surface area contributed by atoms with Crippen LogP contribution in [0.5, 0.6) is 0 Å². The molecule has 4 atom stereocenters. The van der Waals surface area contributed by atoms with E-state index in [9.17, 15) is 33.8 Å². The number of likely N-dealkylation sites (tertiary alicyclic amines) is 1. The second-order valence-electron chi connectivity index (χ2n) is 6.12. The van der Waals surface area contributed by atoms with Gasteiger partial charge in [-0.15, -0.1) is 0 Å². The van der Waals surface area contributed by atoms with Crippen LogP contribution in [-0.4, -0.2) is 54.4 Å². The van der Waals surface area contributed by atoms with E-state index >= 15 is 0 Å². The predicted octanol–water partition coefficient (Wildman–Crippen LogP) is 0.722. The maximum atomic E-state index is 12.4. The first-order valence-corrected chi connectivity index (χ1v) is 9.88. The standard InChI is InChI=1S/C16H16ClN3O7S/c1-8(2)13(16(23)24)19-14(22)12(15(19)28(17)27)18-11(21)7-9-3-5-10(6-4-9)20(25)26/h3-6,12-13,15H,1,7H2,2H3,(H,18,21)(H,23,24). The molecule has 1 aromatic carbocycles. The number of benzene rings is 1. The summed E-state index contributed by atoms with van der Waals surface area (Å²) in [5.41, 5.74) is 0.468. The van der Waals surface area contributed by atoms with Crippen molar-refractivity contribution < 1.29 is 28.6 Å². The predicted molar refractivity (Wildman–Crippen MR) is 99.6 cm³/mol. The van der Waals surface area contributed by atoms with Gasteiger partial charge >= 0.3 is 5.97 Å². The van der Waals surface area contributed by atoms with E-state index in [1.165, 1.54) is 31.2 Å². The van der Waals surface area contributed by atoms with Crippen LogP contribution in [0.4, 0.5) is 5.69 Å². The van der Waals surface area contributed by atoms with Gasteiger partial charge in [-0.1, -0.05) is 18.7 Å². The zero-order valence-corrected chi connectivity index (χ0v) is 16.1. The number of non-ortho nitro benzene ring substituents is 1. The molecule has 0 aliphatic carbocycles. The highest BCUT2D eigenvalue weighted by Crippen LogP contribution is 2.30. The van der Waals surface area contributed by atoms with E-state index in [4.69, 9.17) is 10.7 Å². The van der Waals surface area contributed by atoms with E-state index in [0.717, 1.165) is 4.90 Å². The third-order valence-corrected chi connectivity index (χ3v) is 5.50. The Labute approximate surface area is 166 Å². The summed E-state index contributed by atoms with van der Waals surface area (Å²) < 4.78 is 11.8. The highest BCUT2D eigenvalue weighted by Gasteiger charge is 2.56. The first kappa shape index (κ1) is 21.5. The topological polar surface area (TPSA) is 147 Å². The van der Waals surface area contributed by atoms with E-state index in [1.54, 1.807) is 0 Å². The van der Waals surface area contributed by atoms with Gasteiger partial charge in [0.1, 0.15) is 16.1 Å². The van der Waals surface area contributed by atoms with Gasteiger partial charge < -0.3 is 15.3 Å². The van der Waals surface area contributed by atoms with Gasteiger partial charge in [0, 0.05) is 12.1 Å². The van der Waals surface area contributed by atoms with Gasteiger partial charge in [-0.25, -0.2) is 9.00 Å². The number of β-lactam (4-membered cyclic amide) rings is 1. The average molecular weight is 430 g/mol. The van der Waals surface area contributed by atoms with Crippen molar-refractivity contribution in [3.63, 3.8) is 0 Å². The fourth-order valence-corrected chi connectivity index (χ4v) is 4.17. The van der Waals surface area contributed by atoms with Crippen LogP contribution in [0.25, 0.3) is 0 Å². The van der Waals surface area contributed by atoms with E-state index in [0.29, 0.717) is 5.56 Å². The lowest BCUT2D eigenvalue weighted by Crippen LogP contribution is -2.74. The molecule has 1 aliphatic heterocycles. The lowest BCUT2D eigenvalue weighted by molar-refractivity contribution is -0.384. The fourth-order valence-electron chi connectivity index (χ4n) is 2.80. The maximum Gasteiger partial charge on any atom is 0.330 e. The van der Waals surface area contributed by atoms with Gasteiger partial charge in [0.05, 0.1) is 11.3 Å². The smallest absolute Gasteiger partial charge is 0.330 e. The molecule has 2 N–H and O–H groups in total. The molecule has 1 aromatic rings. The molecule has 12 heteroatoms. The van der Waals surface area contributed by atoms with Crippen LogP contribution in [0.1, 0.15) is 12.5 Å². The number of carboxylic acid groups (broad SMARTS) is 1. The van der Waals surface area contributed by atoms with Crippen LogP contribution in [0, 0.1) is 10.1 Å². The zero-order valence-electron chi connectivity index (χ0n) is 14.5. The molecule has 28 heavy (non-hydrogen) atoms. The minimum absolute atomic E-state index is 0.133. The Bertz CT molecular complexity index is 859. The van der Waals surface area contributed by atoms with Gasteiger partial charge in [0.15, 0.2) is 11.4 Å².